The van der Waals surface area contributed by atoms with E-state index in [1.807, 2.05) is 13.0 Å². The number of rotatable bonds is 3. The van der Waals surface area contributed by atoms with Crippen LogP contribution in [0.2, 0.25) is 0 Å². The van der Waals surface area contributed by atoms with Gasteiger partial charge in [0, 0.05) is 12.0 Å². The van der Waals surface area contributed by atoms with Gasteiger partial charge in [-0.1, -0.05) is 6.92 Å². The third kappa shape index (κ3) is 1.71. The lowest BCUT2D eigenvalue weighted by atomic mass is 9.95. The van der Waals surface area contributed by atoms with Crippen molar-refractivity contribution in [3.63, 3.8) is 0 Å². The normalized spacial score (nSPS) is 15.2. The maximum Gasteiger partial charge on any atom is 0.364 e. The lowest BCUT2D eigenvalue weighted by molar-refractivity contribution is 0.530. The molecule has 0 aliphatic rings. The van der Waals surface area contributed by atoms with Crippen molar-refractivity contribution in [3.8, 4) is 0 Å². The van der Waals surface area contributed by atoms with Crippen LogP contribution in [0.1, 0.15) is 31.9 Å². The molecule has 2 atom stereocenters. The van der Waals surface area contributed by atoms with E-state index in [-0.39, 0.29) is 17.6 Å². The molecule has 2 rings (SSSR count). The average molecular weight is 221 g/mol. The number of aromatic amines is 1. The number of hydrogen-bond acceptors (Lipinski definition) is 4. The molecule has 0 aromatic carbocycles. The van der Waals surface area contributed by atoms with Crippen LogP contribution >= 0.6 is 0 Å². The Bertz CT molecular complexity index is 541. The number of aromatic nitrogens is 4. The molecule has 2 aromatic heterocycles. The van der Waals surface area contributed by atoms with Crippen LogP contribution in [-0.2, 0) is 0 Å². The van der Waals surface area contributed by atoms with Gasteiger partial charge in [-0.25, -0.2) is 9.89 Å². The minimum atomic E-state index is -0.323. The molecular weight excluding hydrogens is 206 g/mol. The number of nitrogens with one attached hydrogen (secondary N) is 1. The lowest BCUT2D eigenvalue weighted by Gasteiger charge is -2.17. The number of nitrogens with two attached hydrogens (primary N) is 1. The molecule has 0 bridgehead atoms. The minimum Gasteiger partial charge on any atom is -0.327 e. The van der Waals surface area contributed by atoms with Gasteiger partial charge in [-0.05, 0) is 25.5 Å². The van der Waals surface area contributed by atoms with E-state index in [0.29, 0.717) is 5.65 Å². The first-order valence-electron chi connectivity index (χ1n) is 5.33. The Morgan fingerprint density at radius 3 is 2.94 bits per heavy atom. The third-order valence-electron chi connectivity index (χ3n) is 2.75. The monoisotopic (exact) mass is 221 g/mol. The van der Waals surface area contributed by atoms with E-state index in [4.69, 9.17) is 5.73 Å². The molecule has 0 aliphatic carbocycles. The molecule has 16 heavy (non-hydrogen) atoms. The first kappa shape index (κ1) is 10.8. The van der Waals surface area contributed by atoms with Gasteiger partial charge < -0.3 is 5.73 Å². The SMILES string of the molecule is CCC(c1ccc2n[nH]c(=O)n2n1)C(C)N. The van der Waals surface area contributed by atoms with Crippen LogP contribution in [0, 0.1) is 0 Å². The fraction of sp³-hybridized carbons (Fsp3) is 0.500. The van der Waals surface area contributed by atoms with E-state index in [0.717, 1.165) is 12.1 Å². The van der Waals surface area contributed by atoms with Crippen molar-refractivity contribution in [2.45, 2.75) is 32.2 Å². The molecule has 86 valence electrons. The summed E-state index contributed by atoms with van der Waals surface area (Å²) in [6.45, 7) is 4.00. The second-order valence-corrected chi connectivity index (χ2v) is 3.93. The molecule has 0 aliphatic heterocycles. The van der Waals surface area contributed by atoms with Crippen molar-refractivity contribution < 1.29 is 0 Å². The van der Waals surface area contributed by atoms with Gasteiger partial charge in [-0.2, -0.15) is 14.7 Å². The van der Waals surface area contributed by atoms with E-state index < -0.39 is 0 Å². The van der Waals surface area contributed by atoms with E-state index in [1.165, 1.54) is 4.52 Å². The molecule has 6 nitrogen and oxygen atoms in total. The molecule has 0 amide bonds. The second kappa shape index (κ2) is 4.05. The molecule has 2 aromatic rings. The molecule has 0 spiro atoms. The van der Waals surface area contributed by atoms with Crippen molar-refractivity contribution in [2.24, 2.45) is 5.73 Å². The molecular formula is C10H15N5O. The smallest absolute Gasteiger partial charge is 0.327 e. The highest BCUT2D eigenvalue weighted by atomic mass is 16.2. The zero-order chi connectivity index (χ0) is 11.7. The summed E-state index contributed by atoms with van der Waals surface area (Å²) < 4.78 is 1.26. The molecule has 3 N–H and O–H groups in total. The maximum absolute atomic E-state index is 11.4. The zero-order valence-electron chi connectivity index (χ0n) is 9.34. The van der Waals surface area contributed by atoms with Crippen molar-refractivity contribution in [2.75, 3.05) is 0 Å². The summed E-state index contributed by atoms with van der Waals surface area (Å²) in [7, 11) is 0. The van der Waals surface area contributed by atoms with Gasteiger partial charge in [-0.3, -0.25) is 0 Å². The molecule has 0 saturated heterocycles. The van der Waals surface area contributed by atoms with Gasteiger partial charge >= 0.3 is 5.69 Å². The highest BCUT2D eigenvalue weighted by molar-refractivity contribution is 5.35. The molecule has 6 heteroatoms. The highest BCUT2D eigenvalue weighted by Gasteiger charge is 2.16. The van der Waals surface area contributed by atoms with Gasteiger partial charge in [0.05, 0.1) is 5.69 Å². The average Bonchev–Trinajstić information content (AvgIpc) is 2.61. The zero-order valence-corrected chi connectivity index (χ0v) is 9.34. The molecule has 0 saturated carbocycles. The summed E-state index contributed by atoms with van der Waals surface area (Å²) >= 11 is 0. The molecule has 2 heterocycles. The van der Waals surface area contributed by atoms with Crippen molar-refractivity contribution in [3.05, 3.63) is 28.3 Å². The summed E-state index contributed by atoms with van der Waals surface area (Å²) in [6.07, 6.45) is 0.892. The summed E-state index contributed by atoms with van der Waals surface area (Å²) in [5, 5.41) is 10.4. The van der Waals surface area contributed by atoms with Crippen LogP contribution in [0.15, 0.2) is 16.9 Å². The van der Waals surface area contributed by atoms with Crippen LogP contribution in [0.25, 0.3) is 5.65 Å². The van der Waals surface area contributed by atoms with Crippen molar-refractivity contribution in [1.29, 1.82) is 0 Å². The minimum absolute atomic E-state index is 0.0116. The number of fused-ring (bicyclic) bond motifs is 1. The summed E-state index contributed by atoms with van der Waals surface area (Å²) in [5.74, 6) is 0.159. The van der Waals surface area contributed by atoms with Crippen LogP contribution in [0.5, 0.6) is 0 Å². The Morgan fingerprint density at radius 1 is 1.56 bits per heavy atom. The topological polar surface area (TPSA) is 89.1 Å². The van der Waals surface area contributed by atoms with Crippen molar-refractivity contribution >= 4 is 5.65 Å². The number of hydrogen-bond donors (Lipinski definition) is 2. The predicted molar refractivity (Wildman–Crippen MR) is 60.3 cm³/mol. The Hall–Kier alpha value is -1.69. The third-order valence-corrected chi connectivity index (χ3v) is 2.75. The van der Waals surface area contributed by atoms with E-state index in [2.05, 4.69) is 22.2 Å². The quantitative estimate of drug-likeness (QED) is 0.778. The Kier molecular flexibility index (Phi) is 2.74. The van der Waals surface area contributed by atoms with Gasteiger partial charge in [0.1, 0.15) is 0 Å². The molecule has 0 fully saturated rings. The first-order valence-corrected chi connectivity index (χ1v) is 5.33. The van der Waals surface area contributed by atoms with Gasteiger partial charge in [0.2, 0.25) is 0 Å². The van der Waals surface area contributed by atoms with Gasteiger partial charge in [-0.15, -0.1) is 0 Å². The maximum atomic E-state index is 11.4. The summed E-state index contributed by atoms with van der Waals surface area (Å²) in [5.41, 5.74) is 6.91. The Morgan fingerprint density at radius 2 is 2.31 bits per heavy atom. The fourth-order valence-corrected chi connectivity index (χ4v) is 1.87. The highest BCUT2D eigenvalue weighted by Crippen LogP contribution is 2.19. The lowest BCUT2D eigenvalue weighted by Crippen LogP contribution is -2.26. The van der Waals surface area contributed by atoms with Gasteiger partial charge in [0.25, 0.3) is 0 Å². The standard InChI is InChI=1S/C10H15N5O/c1-3-7(6(2)11)8-4-5-9-12-13-10(16)15(9)14-8/h4-7H,3,11H2,1-2H3,(H,13,16). The molecule has 0 radical (unpaired) electrons. The largest absolute Gasteiger partial charge is 0.364 e. The van der Waals surface area contributed by atoms with E-state index in [9.17, 15) is 4.79 Å². The van der Waals surface area contributed by atoms with Crippen LogP contribution < -0.4 is 11.4 Å². The Balaban J connectivity index is 2.52. The summed E-state index contributed by atoms with van der Waals surface area (Å²) in [6, 6.07) is 3.65. The summed E-state index contributed by atoms with van der Waals surface area (Å²) in [4.78, 5) is 11.4. The Labute approximate surface area is 92.5 Å². The second-order valence-electron chi connectivity index (χ2n) is 3.93. The fourth-order valence-electron chi connectivity index (χ4n) is 1.87. The van der Waals surface area contributed by atoms with Crippen molar-refractivity contribution in [1.82, 2.24) is 19.8 Å². The van der Waals surface area contributed by atoms with E-state index >= 15 is 0 Å². The predicted octanol–water partition coefficient (Wildman–Crippen LogP) is 0.258. The van der Waals surface area contributed by atoms with Crippen LogP contribution in [0.4, 0.5) is 0 Å². The van der Waals surface area contributed by atoms with E-state index in [1.54, 1.807) is 6.07 Å². The van der Waals surface area contributed by atoms with Crippen LogP contribution in [0.3, 0.4) is 0 Å². The van der Waals surface area contributed by atoms with Gasteiger partial charge in [0.15, 0.2) is 5.65 Å². The number of nitrogens with zero attached hydrogens (tertiary/aromatic N) is 3. The van der Waals surface area contributed by atoms with Crippen LogP contribution in [-0.4, -0.2) is 25.9 Å². The first-order chi connectivity index (χ1) is 7.63. The molecule has 2 unspecified atom stereocenters. The number of H-pyrrole nitrogens is 1.